The summed E-state index contributed by atoms with van der Waals surface area (Å²) in [5.41, 5.74) is 2.42. The largest absolute Gasteiger partial charge is 0.283 e. The molecule has 1 N–H and O–H groups in total. The van der Waals surface area contributed by atoms with Gasteiger partial charge in [0, 0.05) is 10.6 Å². The van der Waals surface area contributed by atoms with Crippen molar-refractivity contribution in [2.75, 3.05) is 5.43 Å². The van der Waals surface area contributed by atoms with Crippen LogP contribution in [0.1, 0.15) is 10.4 Å². The minimum absolute atomic E-state index is 0.146. The molecule has 0 bridgehead atoms. The second-order valence-corrected chi connectivity index (χ2v) is 6.20. The Labute approximate surface area is 160 Å². The summed E-state index contributed by atoms with van der Waals surface area (Å²) in [5.74, 6) is -3.05. The highest BCUT2D eigenvalue weighted by Crippen LogP contribution is 2.17. The van der Waals surface area contributed by atoms with Crippen molar-refractivity contribution in [3.8, 4) is 5.69 Å². The molecule has 0 fully saturated rings. The van der Waals surface area contributed by atoms with Gasteiger partial charge in [-0.1, -0.05) is 17.7 Å². The third kappa shape index (κ3) is 3.12. The summed E-state index contributed by atoms with van der Waals surface area (Å²) in [7, 11) is 0. The molecule has 0 saturated carbocycles. The number of aromatic nitrogens is 4. The summed E-state index contributed by atoms with van der Waals surface area (Å²) >= 11 is 5.98. The lowest BCUT2D eigenvalue weighted by atomic mass is 10.2. The van der Waals surface area contributed by atoms with Crippen molar-refractivity contribution in [1.82, 2.24) is 19.4 Å². The molecule has 0 aliphatic heterocycles. The molecule has 0 unspecified atom stereocenters. The van der Waals surface area contributed by atoms with Gasteiger partial charge < -0.3 is 0 Å². The monoisotopic (exact) mass is 401 g/mol. The number of fused-ring (bicyclic) bond motifs is 1. The van der Waals surface area contributed by atoms with Gasteiger partial charge in [-0.15, -0.1) is 0 Å². The first-order valence-electron chi connectivity index (χ1n) is 7.92. The molecule has 7 nitrogen and oxygen atoms in total. The Kier molecular flexibility index (Phi) is 4.36. The molecule has 1 amide bonds. The van der Waals surface area contributed by atoms with Crippen LogP contribution in [0.3, 0.4) is 0 Å². The summed E-state index contributed by atoms with van der Waals surface area (Å²) in [6.07, 6.45) is 2.41. The van der Waals surface area contributed by atoms with Crippen LogP contribution in [0.25, 0.3) is 16.7 Å². The first-order valence-corrected chi connectivity index (χ1v) is 8.29. The molecule has 0 radical (unpaired) electrons. The molecule has 2 aromatic carbocycles. The summed E-state index contributed by atoms with van der Waals surface area (Å²) in [4.78, 5) is 29.0. The first kappa shape index (κ1) is 17.8. The van der Waals surface area contributed by atoms with Crippen molar-refractivity contribution in [2.45, 2.75) is 0 Å². The highest BCUT2D eigenvalue weighted by atomic mass is 35.5. The second-order valence-electron chi connectivity index (χ2n) is 5.76. The lowest BCUT2D eigenvalue weighted by Gasteiger charge is -2.08. The van der Waals surface area contributed by atoms with E-state index in [1.54, 1.807) is 24.3 Å². The lowest BCUT2D eigenvalue weighted by Crippen LogP contribution is -2.33. The molecule has 0 saturated heterocycles. The number of benzene rings is 2. The lowest BCUT2D eigenvalue weighted by molar-refractivity contribution is 0.101. The Morgan fingerprint density at radius 1 is 1.11 bits per heavy atom. The van der Waals surface area contributed by atoms with Crippen LogP contribution >= 0.6 is 11.6 Å². The van der Waals surface area contributed by atoms with E-state index >= 15 is 0 Å². The predicted molar refractivity (Wildman–Crippen MR) is 98.2 cm³/mol. The Morgan fingerprint density at radius 3 is 2.68 bits per heavy atom. The highest BCUT2D eigenvalue weighted by Gasteiger charge is 2.15. The van der Waals surface area contributed by atoms with Gasteiger partial charge in [0.25, 0.3) is 11.5 Å². The molecular formula is C18H10ClF2N5O2. The number of carbonyl (C=O) groups is 1. The normalized spacial score (nSPS) is 11.0. The minimum Gasteiger partial charge on any atom is -0.267 e. The van der Waals surface area contributed by atoms with Gasteiger partial charge in [-0.05, 0) is 36.4 Å². The zero-order valence-electron chi connectivity index (χ0n) is 13.9. The predicted octanol–water partition coefficient (Wildman–Crippen LogP) is 2.90. The zero-order chi connectivity index (χ0) is 19.8. The van der Waals surface area contributed by atoms with Crippen molar-refractivity contribution >= 4 is 28.5 Å². The van der Waals surface area contributed by atoms with Gasteiger partial charge in [-0.3, -0.25) is 15.0 Å². The maximum Gasteiger partial charge on any atom is 0.283 e. The Balaban J connectivity index is 1.70. The number of halogens is 3. The third-order valence-electron chi connectivity index (χ3n) is 3.95. The van der Waals surface area contributed by atoms with E-state index in [0.717, 1.165) is 29.2 Å². The molecule has 10 heteroatoms. The standard InChI is InChI=1S/C18H10ClF2N5O2/c19-11-2-1-3-12(7-11)26-16-13(8-23-26)18(28)25(9-22-16)24-17(27)10-4-5-14(20)15(21)6-10/h1-9H,(H,24,27). The molecule has 2 heterocycles. The number of hydrogen-bond donors (Lipinski definition) is 1. The van der Waals surface area contributed by atoms with Gasteiger partial charge in [0.1, 0.15) is 11.7 Å². The first-order chi connectivity index (χ1) is 13.4. The number of carbonyl (C=O) groups excluding carboxylic acids is 1. The van der Waals surface area contributed by atoms with Crippen LogP contribution in [0.5, 0.6) is 0 Å². The zero-order valence-corrected chi connectivity index (χ0v) is 14.7. The topological polar surface area (TPSA) is 81.8 Å². The number of amides is 1. The molecule has 0 atom stereocenters. The van der Waals surface area contributed by atoms with E-state index in [9.17, 15) is 18.4 Å². The molecule has 4 rings (SSSR count). The van der Waals surface area contributed by atoms with Crippen LogP contribution in [-0.2, 0) is 0 Å². The molecule has 140 valence electrons. The van der Waals surface area contributed by atoms with Gasteiger partial charge in [0.05, 0.1) is 11.9 Å². The van der Waals surface area contributed by atoms with Crippen molar-refractivity contribution in [3.05, 3.63) is 87.6 Å². The van der Waals surface area contributed by atoms with Crippen LogP contribution in [-0.4, -0.2) is 25.3 Å². The molecule has 0 spiro atoms. The van der Waals surface area contributed by atoms with Crippen molar-refractivity contribution in [1.29, 1.82) is 0 Å². The summed E-state index contributed by atoms with van der Waals surface area (Å²) in [5, 5.41) is 4.79. The van der Waals surface area contributed by atoms with E-state index in [1.165, 1.54) is 10.9 Å². The van der Waals surface area contributed by atoms with Crippen LogP contribution < -0.4 is 11.0 Å². The fraction of sp³-hybridized carbons (Fsp3) is 0. The average Bonchev–Trinajstić information content (AvgIpc) is 3.11. The SMILES string of the molecule is O=C(Nn1cnc2c(cnn2-c2cccc(Cl)c2)c1=O)c1ccc(F)c(F)c1. The van der Waals surface area contributed by atoms with Crippen LogP contribution in [0.15, 0.2) is 59.8 Å². The molecule has 2 aromatic heterocycles. The number of rotatable bonds is 3. The van der Waals surface area contributed by atoms with Gasteiger partial charge in [0.2, 0.25) is 0 Å². The quantitative estimate of drug-likeness (QED) is 0.572. The number of nitrogens with one attached hydrogen (secondary N) is 1. The number of nitrogens with zero attached hydrogens (tertiary/aromatic N) is 4. The van der Waals surface area contributed by atoms with E-state index in [-0.39, 0.29) is 16.6 Å². The highest BCUT2D eigenvalue weighted by molar-refractivity contribution is 6.30. The Morgan fingerprint density at radius 2 is 1.93 bits per heavy atom. The number of hydrogen-bond acceptors (Lipinski definition) is 4. The fourth-order valence-electron chi connectivity index (χ4n) is 2.60. The summed E-state index contributed by atoms with van der Waals surface area (Å²) < 4.78 is 28.6. The van der Waals surface area contributed by atoms with Gasteiger partial charge >= 0.3 is 0 Å². The van der Waals surface area contributed by atoms with E-state index in [1.807, 2.05) is 0 Å². The second kappa shape index (κ2) is 6.86. The van der Waals surface area contributed by atoms with Gasteiger partial charge in [0.15, 0.2) is 17.3 Å². The van der Waals surface area contributed by atoms with Crippen LogP contribution in [0, 0.1) is 11.6 Å². The Hall–Kier alpha value is -3.59. The molecular weight excluding hydrogens is 392 g/mol. The minimum atomic E-state index is -1.17. The van der Waals surface area contributed by atoms with Crippen molar-refractivity contribution < 1.29 is 13.6 Å². The van der Waals surface area contributed by atoms with Crippen LogP contribution in [0.4, 0.5) is 8.78 Å². The third-order valence-corrected chi connectivity index (χ3v) is 4.18. The van der Waals surface area contributed by atoms with Crippen LogP contribution in [0.2, 0.25) is 5.02 Å². The van der Waals surface area contributed by atoms with Crippen molar-refractivity contribution in [2.24, 2.45) is 0 Å². The van der Waals surface area contributed by atoms with Crippen molar-refractivity contribution in [3.63, 3.8) is 0 Å². The molecule has 0 aliphatic carbocycles. The van der Waals surface area contributed by atoms with E-state index in [4.69, 9.17) is 11.6 Å². The fourth-order valence-corrected chi connectivity index (χ4v) is 2.78. The summed E-state index contributed by atoms with van der Waals surface area (Å²) in [6.45, 7) is 0. The Bertz CT molecular complexity index is 1280. The molecule has 4 aromatic rings. The maximum absolute atomic E-state index is 13.3. The smallest absolute Gasteiger partial charge is 0.267 e. The molecule has 28 heavy (non-hydrogen) atoms. The van der Waals surface area contributed by atoms with E-state index in [0.29, 0.717) is 10.7 Å². The van der Waals surface area contributed by atoms with Gasteiger partial charge in [-0.2, -0.15) is 5.10 Å². The molecule has 0 aliphatic rings. The maximum atomic E-state index is 13.3. The summed E-state index contributed by atoms with van der Waals surface area (Å²) in [6, 6.07) is 9.49. The van der Waals surface area contributed by atoms with E-state index < -0.39 is 23.1 Å². The average molecular weight is 402 g/mol. The van der Waals surface area contributed by atoms with Gasteiger partial charge in [-0.25, -0.2) is 23.1 Å². The van der Waals surface area contributed by atoms with E-state index in [2.05, 4.69) is 15.5 Å².